The Morgan fingerprint density at radius 2 is 1.75 bits per heavy atom. The van der Waals surface area contributed by atoms with Crippen LogP contribution in [0.15, 0.2) is 56.5 Å². The predicted octanol–water partition coefficient (Wildman–Crippen LogP) is 1.96. The van der Waals surface area contributed by atoms with E-state index in [0.29, 0.717) is 5.69 Å². The van der Waals surface area contributed by atoms with Gasteiger partial charge in [-0.3, -0.25) is 4.79 Å². The van der Waals surface area contributed by atoms with Crippen molar-refractivity contribution in [1.29, 1.82) is 0 Å². The molecule has 0 unspecified atom stereocenters. The van der Waals surface area contributed by atoms with Crippen molar-refractivity contribution in [2.24, 2.45) is 0 Å². The molecule has 1 aromatic heterocycles. The second-order valence-electron chi connectivity index (χ2n) is 4.50. The third-order valence-corrected chi connectivity index (χ3v) is 3.09. The first-order chi connectivity index (χ1) is 9.58. The molecule has 0 saturated heterocycles. The SMILES string of the molecule is Cc1ccc(-n2c(=O)oc3c(O)cccc3c2=O)cc1. The lowest BCUT2D eigenvalue weighted by molar-refractivity contribution is 0.444. The van der Waals surface area contributed by atoms with E-state index in [0.717, 1.165) is 10.1 Å². The summed E-state index contributed by atoms with van der Waals surface area (Å²) >= 11 is 0. The van der Waals surface area contributed by atoms with Crippen LogP contribution < -0.4 is 11.3 Å². The number of benzene rings is 2. The van der Waals surface area contributed by atoms with Crippen LogP contribution in [-0.2, 0) is 0 Å². The van der Waals surface area contributed by atoms with Gasteiger partial charge in [-0.2, -0.15) is 0 Å². The molecule has 0 aliphatic carbocycles. The second-order valence-corrected chi connectivity index (χ2v) is 4.50. The van der Waals surface area contributed by atoms with Gasteiger partial charge < -0.3 is 9.52 Å². The number of aromatic nitrogens is 1. The monoisotopic (exact) mass is 269 g/mol. The lowest BCUT2D eigenvalue weighted by Gasteiger charge is -2.06. The van der Waals surface area contributed by atoms with E-state index in [2.05, 4.69) is 0 Å². The van der Waals surface area contributed by atoms with Crippen molar-refractivity contribution in [3.8, 4) is 11.4 Å². The van der Waals surface area contributed by atoms with Crippen LogP contribution in [0.1, 0.15) is 5.56 Å². The summed E-state index contributed by atoms with van der Waals surface area (Å²) in [6.45, 7) is 1.91. The van der Waals surface area contributed by atoms with E-state index in [9.17, 15) is 14.7 Å². The van der Waals surface area contributed by atoms with Gasteiger partial charge in [0.1, 0.15) is 0 Å². The molecule has 20 heavy (non-hydrogen) atoms. The molecule has 0 saturated carbocycles. The fourth-order valence-corrected chi connectivity index (χ4v) is 2.05. The topological polar surface area (TPSA) is 72.4 Å². The number of hydrogen-bond acceptors (Lipinski definition) is 4. The zero-order valence-electron chi connectivity index (χ0n) is 10.7. The Kier molecular flexibility index (Phi) is 2.68. The number of rotatable bonds is 1. The summed E-state index contributed by atoms with van der Waals surface area (Å²) < 4.78 is 5.99. The summed E-state index contributed by atoms with van der Waals surface area (Å²) in [5.41, 5.74) is 0.839. The van der Waals surface area contributed by atoms with Crippen LogP contribution in [0.4, 0.5) is 0 Å². The Bertz CT molecular complexity index is 904. The first kappa shape index (κ1) is 12.2. The minimum Gasteiger partial charge on any atom is -0.504 e. The van der Waals surface area contributed by atoms with Crippen molar-refractivity contribution < 1.29 is 9.52 Å². The highest BCUT2D eigenvalue weighted by Crippen LogP contribution is 2.20. The van der Waals surface area contributed by atoms with Crippen LogP contribution in [0, 0.1) is 6.92 Å². The third-order valence-electron chi connectivity index (χ3n) is 3.09. The molecule has 5 heteroatoms. The molecule has 100 valence electrons. The number of phenols is 1. The Morgan fingerprint density at radius 1 is 1.05 bits per heavy atom. The van der Waals surface area contributed by atoms with Gasteiger partial charge in [-0.15, -0.1) is 0 Å². The van der Waals surface area contributed by atoms with Crippen molar-refractivity contribution in [1.82, 2.24) is 4.57 Å². The van der Waals surface area contributed by atoms with Crippen molar-refractivity contribution in [3.05, 3.63) is 68.9 Å². The Hall–Kier alpha value is -2.82. The molecule has 0 bridgehead atoms. The highest BCUT2D eigenvalue weighted by Gasteiger charge is 2.13. The smallest absolute Gasteiger partial charge is 0.427 e. The number of phenolic OH excluding ortho intramolecular Hbond substituents is 1. The summed E-state index contributed by atoms with van der Waals surface area (Å²) in [6.07, 6.45) is 0. The summed E-state index contributed by atoms with van der Waals surface area (Å²) in [5.74, 6) is -1.05. The van der Waals surface area contributed by atoms with E-state index in [-0.39, 0.29) is 16.7 Å². The molecule has 0 radical (unpaired) electrons. The lowest BCUT2D eigenvalue weighted by Crippen LogP contribution is -2.30. The largest absolute Gasteiger partial charge is 0.504 e. The molecule has 0 spiro atoms. The Balaban J connectivity index is 2.41. The molecule has 5 nitrogen and oxygen atoms in total. The average Bonchev–Trinajstić information content (AvgIpc) is 2.42. The van der Waals surface area contributed by atoms with Gasteiger partial charge in [-0.1, -0.05) is 23.8 Å². The standard InChI is InChI=1S/C15H11NO4/c1-9-5-7-10(8-6-9)16-14(18)11-3-2-4-12(17)13(11)20-15(16)19/h2-8,17H,1H3. The van der Waals surface area contributed by atoms with E-state index in [4.69, 9.17) is 4.42 Å². The van der Waals surface area contributed by atoms with Crippen LogP contribution >= 0.6 is 0 Å². The van der Waals surface area contributed by atoms with E-state index < -0.39 is 11.3 Å². The number of para-hydroxylation sites is 1. The molecular weight excluding hydrogens is 258 g/mol. The average molecular weight is 269 g/mol. The van der Waals surface area contributed by atoms with Crippen molar-refractivity contribution in [2.75, 3.05) is 0 Å². The number of fused-ring (bicyclic) bond motifs is 1. The van der Waals surface area contributed by atoms with Gasteiger partial charge in [-0.05, 0) is 31.2 Å². The third kappa shape index (κ3) is 1.80. The molecule has 0 aliphatic rings. The van der Waals surface area contributed by atoms with Crippen LogP contribution in [0.25, 0.3) is 16.7 Å². The van der Waals surface area contributed by atoms with E-state index in [1.165, 1.54) is 18.2 Å². The second kappa shape index (κ2) is 4.38. The van der Waals surface area contributed by atoms with Crippen LogP contribution in [-0.4, -0.2) is 9.67 Å². The van der Waals surface area contributed by atoms with Crippen molar-refractivity contribution in [2.45, 2.75) is 6.92 Å². The maximum atomic E-state index is 12.4. The molecule has 3 rings (SSSR count). The zero-order chi connectivity index (χ0) is 14.3. The van der Waals surface area contributed by atoms with Gasteiger partial charge in [0.2, 0.25) is 0 Å². The molecule has 3 aromatic rings. The molecular formula is C15H11NO4. The van der Waals surface area contributed by atoms with Gasteiger partial charge in [-0.25, -0.2) is 9.36 Å². The van der Waals surface area contributed by atoms with Crippen molar-refractivity contribution >= 4 is 11.0 Å². The molecule has 1 heterocycles. The van der Waals surface area contributed by atoms with Gasteiger partial charge in [0.25, 0.3) is 5.56 Å². The molecule has 1 N–H and O–H groups in total. The summed E-state index contributed by atoms with van der Waals surface area (Å²) in [5, 5.41) is 9.79. The maximum Gasteiger partial charge on any atom is 0.427 e. The number of aromatic hydroxyl groups is 1. The maximum absolute atomic E-state index is 12.4. The first-order valence-corrected chi connectivity index (χ1v) is 6.03. The van der Waals surface area contributed by atoms with Gasteiger partial charge in [0.15, 0.2) is 11.3 Å². The first-order valence-electron chi connectivity index (χ1n) is 6.03. The quantitative estimate of drug-likeness (QED) is 0.733. The highest BCUT2D eigenvalue weighted by molar-refractivity contribution is 5.81. The number of nitrogens with zero attached hydrogens (tertiary/aromatic N) is 1. The van der Waals surface area contributed by atoms with Gasteiger partial charge in [0, 0.05) is 0 Å². The summed E-state index contributed by atoms with van der Waals surface area (Å²) in [7, 11) is 0. The van der Waals surface area contributed by atoms with Crippen LogP contribution in [0.5, 0.6) is 5.75 Å². The normalized spacial score (nSPS) is 10.8. The molecule has 0 amide bonds. The Morgan fingerprint density at radius 3 is 2.45 bits per heavy atom. The predicted molar refractivity (Wildman–Crippen MR) is 74.5 cm³/mol. The van der Waals surface area contributed by atoms with Gasteiger partial charge in [0.05, 0.1) is 11.1 Å². The van der Waals surface area contributed by atoms with Gasteiger partial charge >= 0.3 is 5.76 Å². The Labute approximate surface area is 113 Å². The minimum absolute atomic E-state index is 0.0918. The highest BCUT2D eigenvalue weighted by atomic mass is 16.4. The molecule has 2 aromatic carbocycles. The van der Waals surface area contributed by atoms with Crippen molar-refractivity contribution in [3.63, 3.8) is 0 Å². The fourth-order valence-electron chi connectivity index (χ4n) is 2.05. The van der Waals surface area contributed by atoms with Crippen LogP contribution in [0.2, 0.25) is 0 Å². The van der Waals surface area contributed by atoms with Crippen LogP contribution in [0.3, 0.4) is 0 Å². The zero-order valence-corrected chi connectivity index (χ0v) is 10.7. The van der Waals surface area contributed by atoms with E-state index in [1.54, 1.807) is 24.3 Å². The molecule has 0 fully saturated rings. The molecule has 0 atom stereocenters. The summed E-state index contributed by atoms with van der Waals surface area (Å²) in [4.78, 5) is 24.4. The number of hydrogen-bond donors (Lipinski definition) is 1. The van der Waals surface area contributed by atoms with E-state index >= 15 is 0 Å². The minimum atomic E-state index is -0.826. The molecule has 0 aliphatic heterocycles. The lowest BCUT2D eigenvalue weighted by atomic mass is 10.2. The number of aryl methyl sites for hydroxylation is 1. The fraction of sp³-hybridized carbons (Fsp3) is 0.0667. The summed E-state index contributed by atoms with van der Waals surface area (Å²) in [6, 6.07) is 11.3. The van der Waals surface area contributed by atoms with E-state index in [1.807, 2.05) is 6.92 Å².